The van der Waals surface area contributed by atoms with Gasteiger partial charge in [0.25, 0.3) is 0 Å². The zero-order chi connectivity index (χ0) is 15.5. The molecule has 0 amide bonds. The molecule has 0 spiro atoms. The van der Waals surface area contributed by atoms with E-state index in [2.05, 4.69) is 21.2 Å². The highest BCUT2D eigenvalue weighted by Gasteiger charge is 2.33. The number of anilines is 1. The van der Waals surface area contributed by atoms with Crippen LogP contribution in [0, 0.1) is 5.82 Å². The predicted molar refractivity (Wildman–Crippen MR) is 77.7 cm³/mol. The van der Waals surface area contributed by atoms with Gasteiger partial charge in [-0.2, -0.15) is 13.2 Å². The van der Waals surface area contributed by atoms with Gasteiger partial charge in [0.05, 0.1) is 5.56 Å². The molecule has 0 unspecified atom stereocenters. The molecule has 6 heteroatoms. The maximum absolute atomic E-state index is 12.9. The van der Waals surface area contributed by atoms with Crippen LogP contribution in [0.2, 0.25) is 0 Å². The van der Waals surface area contributed by atoms with Crippen LogP contribution in [-0.4, -0.2) is 6.54 Å². The van der Waals surface area contributed by atoms with E-state index in [1.165, 1.54) is 24.3 Å². The first-order chi connectivity index (χ1) is 9.86. The summed E-state index contributed by atoms with van der Waals surface area (Å²) in [5.74, 6) is -0.335. The first-order valence-corrected chi connectivity index (χ1v) is 7.00. The van der Waals surface area contributed by atoms with Crippen molar-refractivity contribution < 1.29 is 17.6 Å². The average Bonchev–Trinajstić information content (AvgIpc) is 2.40. The maximum Gasteiger partial charge on any atom is 0.418 e. The summed E-state index contributed by atoms with van der Waals surface area (Å²) in [4.78, 5) is 0. The zero-order valence-corrected chi connectivity index (χ0v) is 12.4. The quantitative estimate of drug-likeness (QED) is 0.732. The van der Waals surface area contributed by atoms with Crippen molar-refractivity contribution in [2.24, 2.45) is 0 Å². The van der Waals surface area contributed by atoms with Crippen LogP contribution in [0.1, 0.15) is 11.1 Å². The molecule has 1 nitrogen and oxygen atoms in total. The highest BCUT2D eigenvalue weighted by Crippen LogP contribution is 2.36. The molecular weight excluding hydrogens is 350 g/mol. The van der Waals surface area contributed by atoms with Gasteiger partial charge in [0.15, 0.2) is 0 Å². The van der Waals surface area contributed by atoms with E-state index >= 15 is 0 Å². The lowest BCUT2D eigenvalue weighted by Crippen LogP contribution is -2.12. The number of nitrogens with one attached hydrogen (secondary N) is 1. The van der Waals surface area contributed by atoms with E-state index in [0.29, 0.717) is 17.4 Å². The van der Waals surface area contributed by atoms with Crippen LogP contribution < -0.4 is 5.32 Å². The molecule has 0 aliphatic rings. The van der Waals surface area contributed by atoms with Gasteiger partial charge in [0.1, 0.15) is 5.82 Å². The van der Waals surface area contributed by atoms with Crippen LogP contribution in [-0.2, 0) is 12.6 Å². The third-order valence-corrected chi connectivity index (χ3v) is 3.42. The highest BCUT2D eigenvalue weighted by molar-refractivity contribution is 9.10. The van der Waals surface area contributed by atoms with Crippen LogP contribution in [0.25, 0.3) is 0 Å². The Balaban J connectivity index is 2.06. The van der Waals surface area contributed by atoms with Crippen molar-refractivity contribution in [3.05, 3.63) is 63.9 Å². The summed E-state index contributed by atoms with van der Waals surface area (Å²) in [7, 11) is 0. The van der Waals surface area contributed by atoms with E-state index in [1.54, 1.807) is 12.1 Å². The predicted octanol–water partition coefficient (Wildman–Crippen LogP) is 5.26. The Labute approximate surface area is 128 Å². The number of hydrogen-bond donors (Lipinski definition) is 1. The second-order valence-electron chi connectivity index (χ2n) is 4.49. The molecule has 0 saturated carbocycles. The van der Waals surface area contributed by atoms with Crippen molar-refractivity contribution >= 4 is 21.6 Å². The van der Waals surface area contributed by atoms with Gasteiger partial charge in [-0.1, -0.05) is 28.1 Å². The van der Waals surface area contributed by atoms with Crippen LogP contribution in [0.3, 0.4) is 0 Å². The van der Waals surface area contributed by atoms with E-state index < -0.39 is 11.7 Å². The molecule has 2 rings (SSSR count). The molecule has 0 saturated heterocycles. The van der Waals surface area contributed by atoms with Crippen LogP contribution in [0.4, 0.5) is 23.2 Å². The average molecular weight is 362 g/mol. The van der Waals surface area contributed by atoms with Gasteiger partial charge in [-0.25, -0.2) is 4.39 Å². The Morgan fingerprint density at radius 1 is 1.00 bits per heavy atom. The summed E-state index contributed by atoms with van der Waals surface area (Å²) in [5.41, 5.74) is 0.177. The normalized spacial score (nSPS) is 11.5. The number of hydrogen-bond acceptors (Lipinski definition) is 1. The largest absolute Gasteiger partial charge is 0.418 e. The molecule has 1 N–H and O–H groups in total. The first-order valence-electron chi connectivity index (χ1n) is 6.21. The van der Waals surface area contributed by atoms with E-state index in [4.69, 9.17) is 0 Å². The second-order valence-corrected chi connectivity index (χ2v) is 5.41. The Hall–Kier alpha value is -1.56. The van der Waals surface area contributed by atoms with Gasteiger partial charge >= 0.3 is 6.18 Å². The topological polar surface area (TPSA) is 12.0 Å². The summed E-state index contributed by atoms with van der Waals surface area (Å²) in [5, 5.41) is 2.78. The third-order valence-electron chi connectivity index (χ3n) is 2.93. The Morgan fingerprint density at radius 3 is 2.29 bits per heavy atom. The van der Waals surface area contributed by atoms with Crippen LogP contribution in [0.15, 0.2) is 46.9 Å². The van der Waals surface area contributed by atoms with Gasteiger partial charge in [-0.05, 0) is 42.3 Å². The molecule has 2 aromatic carbocycles. The van der Waals surface area contributed by atoms with Crippen molar-refractivity contribution in [1.82, 2.24) is 0 Å². The van der Waals surface area contributed by atoms with Gasteiger partial charge in [0.2, 0.25) is 0 Å². The molecular formula is C15H12BrF4N. The molecule has 112 valence electrons. The summed E-state index contributed by atoms with van der Waals surface area (Å²) in [6.07, 6.45) is -3.90. The minimum Gasteiger partial charge on any atom is -0.384 e. The zero-order valence-electron chi connectivity index (χ0n) is 10.8. The molecule has 0 atom stereocenters. The van der Waals surface area contributed by atoms with Crippen molar-refractivity contribution in [1.29, 1.82) is 0 Å². The second kappa shape index (κ2) is 6.47. The minimum atomic E-state index is -4.40. The number of alkyl halides is 3. The molecule has 0 aliphatic heterocycles. The minimum absolute atomic E-state index is 0.0268. The van der Waals surface area contributed by atoms with E-state index in [-0.39, 0.29) is 11.5 Å². The first kappa shape index (κ1) is 15.8. The van der Waals surface area contributed by atoms with Gasteiger partial charge in [-0.15, -0.1) is 0 Å². The SMILES string of the molecule is Fc1ccc(CCNc2cc(Br)ccc2C(F)(F)F)cc1. The van der Waals surface area contributed by atoms with Crippen molar-refractivity contribution in [3.8, 4) is 0 Å². The van der Waals surface area contributed by atoms with Gasteiger partial charge in [0, 0.05) is 16.7 Å². The van der Waals surface area contributed by atoms with E-state index in [9.17, 15) is 17.6 Å². The molecule has 0 heterocycles. The van der Waals surface area contributed by atoms with Crippen molar-refractivity contribution in [2.75, 3.05) is 11.9 Å². The van der Waals surface area contributed by atoms with Crippen LogP contribution in [0.5, 0.6) is 0 Å². The summed E-state index contributed by atoms with van der Waals surface area (Å²) >= 11 is 3.16. The maximum atomic E-state index is 12.9. The summed E-state index contributed by atoms with van der Waals surface area (Å²) in [6, 6.07) is 9.67. The molecule has 0 aliphatic carbocycles. The smallest absolute Gasteiger partial charge is 0.384 e. The lowest BCUT2D eigenvalue weighted by molar-refractivity contribution is -0.136. The molecule has 0 bridgehead atoms. The highest BCUT2D eigenvalue weighted by atomic mass is 79.9. The third kappa shape index (κ3) is 4.46. The fourth-order valence-corrected chi connectivity index (χ4v) is 2.26. The van der Waals surface area contributed by atoms with Crippen molar-refractivity contribution in [2.45, 2.75) is 12.6 Å². The van der Waals surface area contributed by atoms with Gasteiger partial charge < -0.3 is 5.32 Å². The summed E-state index contributed by atoms with van der Waals surface area (Å²) in [6.45, 7) is 0.325. The molecule has 0 fully saturated rings. The summed E-state index contributed by atoms with van der Waals surface area (Å²) < 4.78 is 52.0. The molecule has 0 aromatic heterocycles. The van der Waals surface area contributed by atoms with E-state index in [1.807, 2.05) is 0 Å². The number of rotatable bonds is 4. The van der Waals surface area contributed by atoms with Gasteiger partial charge in [-0.3, -0.25) is 0 Å². The van der Waals surface area contributed by atoms with Crippen molar-refractivity contribution in [3.63, 3.8) is 0 Å². The fourth-order valence-electron chi connectivity index (χ4n) is 1.90. The number of benzene rings is 2. The molecule has 21 heavy (non-hydrogen) atoms. The fraction of sp³-hybridized carbons (Fsp3) is 0.200. The monoisotopic (exact) mass is 361 g/mol. The Morgan fingerprint density at radius 2 is 1.67 bits per heavy atom. The van der Waals surface area contributed by atoms with E-state index in [0.717, 1.165) is 11.6 Å². The Bertz CT molecular complexity index is 608. The Kier molecular flexibility index (Phi) is 4.88. The molecule has 2 aromatic rings. The lowest BCUT2D eigenvalue weighted by atomic mass is 10.1. The molecule has 0 radical (unpaired) electrons. The standard InChI is InChI=1S/C15H12BrF4N/c16-11-3-6-13(15(18,19)20)14(9-11)21-8-7-10-1-4-12(17)5-2-10/h1-6,9,21H,7-8H2. The number of halogens is 5. The van der Waals surface area contributed by atoms with Crippen LogP contribution >= 0.6 is 15.9 Å². The lowest BCUT2D eigenvalue weighted by Gasteiger charge is -2.15.